The fourth-order valence-corrected chi connectivity index (χ4v) is 3.73. The van der Waals surface area contributed by atoms with Gasteiger partial charge in [0.05, 0.1) is 6.61 Å². The van der Waals surface area contributed by atoms with Crippen LogP contribution in [0.4, 0.5) is 0 Å². The van der Waals surface area contributed by atoms with E-state index in [0.717, 1.165) is 29.5 Å². The van der Waals surface area contributed by atoms with Crippen molar-refractivity contribution in [2.75, 3.05) is 12.4 Å². The van der Waals surface area contributed by atoms with E-state index in [1.54, 1.807) is 11.8 Å². The van der Waals surface area contributed by atoms with Crippen LogP contribution < -0.4 is 4.74 Å². The predicted octanol–water partition coefficient (Wildman–Crippen LogP) is 3.71. The normalized spacial score (nSPS) is 14.4. The van der Waals surface area contributed by atoms with Crippen molar-refractivity contribution in [3.8, 4) is 5.75 Å². The summed E-state index contributed by atoms with van der Waals surface area (Å²) in [5.41, 5.74) is 2.64. The number of aliphatic hydroxyl groups excluding tert-OH is 1. The molecule has 1 fully saturated rings. The third-order valence-corrected chi connectivity index (χ3v) is 5.14. The van der Waals surface area contributed by atoms with Crippen LogP contribution in [0.2, 0.25) is 0 Å². The Labute approximate surface area is 147 Å². The largest absolute Gasteiger partial charge is 0.493 e. The molecule has 1 saturated carbocycles. The van der Waals surface area contributed by atoms with Gasteiger partial charge in [0, 0.05) is 11.8 Å². The molecule has 1 aliphatic rings. The summed E-state index contributed by atoms with van der Waals surface area (Å²) in [6, 6.07) is 6.77. The van der Waals surface area contributed by atoms with Crippen molar-refractivity contribution in [1.82, 2.24) is 14.8 Å². The average Bonchev–Trinajstić information content (AvgIpc) is 3.31. The summed E-state index contributed by atoms with van der Waals surface area (Å²) in [4.78, 5) is 0. The van der Waals surface area contributed by atoms with Crippen LogP contribution in [0.5, 0.6) is 5.75 Å². The van der Waals surface area contributed by atoms with Crippen LogP contribution in [0.1, 0.15) is 55.6 Å². The molecule has 0 aliphatic heterocycles. The lowest BCUT2D eigenvalue weighted by Crippen LogP contribution is -2.05. The molecule has 6 heteroatoms. The minimum Gasteiger partial charge on any atom is -0.493 e. The number of benzene rings is 1. The van der Waals surface area contributed by atoms with E-state index in [4.69, 9.17) is 4.74 Å². The van der Waals surface area contributed by atoms with Gasteiger partial charge in [-0.05, 0) is 48.9 Å². The number of aliphatic hydroxyl groups is 1. The van der Waals surface area contributed by atoms with Gasteiger partial charge in [-0.1, -0.05) is 31.7 Å². The van der Waals surface area contributed by atoms with E-state index in [2.05, 4.69) is 47.7 Å². The number of nitrogens with zero attached hydrogens (tertiary/aromatic N) is 3. The van der Waals surface area contributed by atoms with Crippen LogP contribution in [0.25, 0.3) is 0 Å². The standard InChI is InChI=1S/C18H25N3O2S/c1-12(2)16-7-6-15(10-13(16)3)23-8-9-24-18-20-19-17(11-22)21(18)14-4-5-14/h6-7,10,12,14,22H,4-5,8-9,11H2,1-3H3. The van der Waals surface area contributed by atoms with Gasteiger partial charge in [0.25, 0.3) is 0 Å². The first kappa shape index (κ1) is 17.3. The fourth-order valence-electron chi connectivity index (χ4n) is 2.89. The smallest absolute Gasteiger partial charge is 0.191 e. The van der Waals surface area contributed by atoms with Gasteiger partial charge in [-0.2, -0.15) is 0 Å². The molecule has 0 amide bonds. The molecule has 2 aromatic rings. The first-order chi connectivity index (χ1) is 11.6. The van der Waals surface area contributed by atoms with Crippen molar-refractivity contribution in [2.45, 2.75) is 57.3 Å². The zero-order valence-corrected chi connectivity index (χ0v) is 15.3. The molecule has 3 rings (SSSR count). The molecule has 0 unspecified atom stereocenters. The first-order valence-electron chi connectivity index (χ1n) is 8.51. The van der Waals surface area contributed by atoms with E-state index in [0.29, 0.717) is 24.4 Å². The Morgan fingerprint density at radius 3 is 2.75 bits per heavy atom. The summed E-state index contributed by atoms with van der Waals surface area (Å²) in [5, 5.41) is 18.5. The molecule has 0 bridgehead atoms. The Kier molecular flexibility index (Phi) is 5.46. The minimum absolute atomic E-state index is 0.0535. The Morgan fingerprint density at radius 1 is 1.33 bits per heavy atom. The predicted molar refractivity (Wildman–Crippen MR) is 95.7 cm³/mol. The summed E-state index contributed by atoms with van der Waals surface area (Å²) < 4.78 is 7.94. The lowest BCUT2D eigenvalue weighted by molar-refractivity contribution is 0.263. The quantitative estimate of drug-likeness (QED) is 0.583. The number of ether oxygens (including phenoxy) is 1. The van der Waals surface area contributed by atoms with Crippen molar-refractivity contribution in [2.24, 2.45) is 0 Å². The Hall–Kier alpha value is -1.53. The molecule has 1 heterocycles. The molecule has 1 aromatic heterocycles. The summed E-state index contributed by atoms with van der Waals surface area (Å²) in [5.74, 6) is 2.92. The Balaban J connectivity index is 1.53. The van der Waals surface area contributed by atoms with Crippen LogP contribution in [-0.2, 0) is 6.61 Å². The molecule has 1 aliphatic carbocycles. The maximum Gasteiger partial charge on any atom is 0.191 e. The highest BCUT2D eigenvalue weighted by Gasteiger charge is 2.29. The molecule has 5 nitrogen and oxygen atoms in total. The van der Waals surface area contributed by atoms with Gasteiger partial charge in [0.2, 0.25) is 0 Å². The molecule has 130 valence electrons. The van der Waals surface area contributed by atoms with Crippen molar-refractivity contribution in [1.29, 1.82) is 0 Å². The molecule has 24 heavy (non-hydrogen) atoms. The van der Waals surface area contributed by atoms with Crippen LogP contribution in [0.15, 0.2) is 23.4 Å². The monoisotopic (exact) mass is 347 g/mol. The Morgan fingerprint density at radius 2 is 2.12 bits per heavy atom. The first-order valence-corrected chi connectivity index (χ1v) is 9.49. The molecule has 0 atom stereocenters. The maximum absolute atomic E-state index is 9.36. The van der Waals surface area contributed by atoms with Gasteiger partial charge in [-0.15, -0.1) is 10.2 Å². The highest BCUT2D eigenvalue weighted by Crippen LogP contribution is 2.38. The lowest BCUT2D eigenvalue weighted by atomic mass is 9.98. The minimum atomic E-state index is -0.0535. The molecule has 1 aromatic carbocycles. The van der Waals surface area contributed by atoms with E-state index in [1.807, 2.05) is 6.07 Å². The average molecular weight is 347 g/mol. The van der Waals surface area contributed by atoms with Crippen LogP contribution in [-0.4, -0.2) is 32.2 Å². The van der Waals surface area contributed by atoms with E-state index in [9.17, 15) is 5.11 Å². The van der Waals surface area contributed by atoms with Gasteiger partial charge in [0.15, 0.2) is 11.0 Å². The van der Waals surface area contributed by atoms with Crippen LogP contribution >= 0.6 is 11.8 Å². The summed E-state index contributed by atoms with van der Waals surface area (Å²) >= 11 is 1.64. The Bertz CT molecular complexity index is 696. The van der Waals surface area contributed by atoms with E-state index in [1.165, 1.54) is 11.1 Å². The topological polar surface area (TPSA) is 60.2 Å². The van der Waals surface area contributed by atoms with Gasteiger partial charge >= 0.3 is 0 Å². The highest BCUT2D eigenvalue weighted by atomic mass is 32.2. The van der Waals surface area contributed by atoms with Crippen molar-refractivity contribution in [3.63, 3.8) is 0 Å². The summed E-state index contributed by atoms with van der Waals surface area (Å²) in [6.45, 7) is 7.11. The highest BCUT2D eigenvalue weighted by molar-refractivity contribution is 7.99. The second kappa shape index (κ2) is 7.57. The molecular weight excluding hydrogens is 322 g/mol. The number of aryl methyl sites for hydroxylation is 1. The molecule has 0 spiro atoms. The number of aromatic nitrogens is 3. The van der Waals surface area contributed by atoms with Crippen molar-refractivity contribution < 1.29 is 9.84 Å². The third-order valence-electron chi connectivity index (χ3n) is 4.24. The molecule has 0 radical (unpaired) electrons. The second-order valence-electron chi connectivity index (χ2n) is 6.53. The van der Waals surface area contributed by atoms with Gasteiger partial charge in [-0.3, -0.25) is 0 Å². The number of thioether (sulfide) groups is 1. The van der Waals surface area contributed by atoms with Gasteiger partial charge in [-0.25, -0.2) is 0 Å². The van der Waals surface area contributed by atoms with Gasteiger partial charge in [0.1, 0.15) is 12.4 Å². The van der Waals surface area contributed by atoms with E-state index in [-0.39, 0.29) is 6.61 Å². The van der Waals surface area contributed by atoms with Crippen LogP contribution in [0.3, 0.4) is 0 Å². The maximum atomic E-state index is 9.36. The van der Waals surface area contributed by atoms with E-state index < -0.39 is 0 Å². The molecule has 0 saturated heterocycles. The SMILES string of the molecule is Cc1cc(OCCSc2nnc(CO)n2C2CC2)ccc1C(C)C. The second-order valence-corrected chi connectivity index (χ2v) is 7.59. The van der Waals surface area contributed by atoms with Gasteiger partial charge < -0.3 is 14.4 Å². The molecular formula is C18H25N3O2S. The van der Waals surface area contributed by atoms with E-state index >= 15 is 0 Å². The lowest BCUT2D eigenvalue weighted by Gasteiger charge is -2.12. The van der Waals surface area contributed by atoms with Crippen LogP contribution in [0, 0.1) is 6.92 Å². The summed E-state index contributed by atoms with van der Waals surface area (Å²) in [6.07, 6.45) is 2.30. The number of rotatable bonds is 8. The third kappa shape index (κ3) is 3.92. The van der Waals surface area contributed by atoms with Crippen molar-refractivity contribution >= 4 is 11.8 Å². The summed E-state index contributed by atoms with van der Waals surface area (Å²) in [7, 11) is 0. The zero-order valence-electron chi connectivity index (χ0n) is 14.5. The van der Waals surface area contributed by atoms with Crippen molar-refractivity contribution in [3.05, 3.63) is 35.2 Å². The number of hydrogen-bond donors (Lipinski definition) is 1. The fraction of sp³-hybridized carbons (Fsp3) is 0.556. The zero-order chi connectivity index (χ0) is 17.1. The molecule has 1 N–H and O–H groups in total. The number of hydrogen-bond acceptors (Lipinski definition) is 5.